The maximum absolute atomic E-state index is 6.29. The predicted octanol–water partition coefficient (Wildman–Crippen LogP) is 4.29. The van der Waals surface area contributed by atoms with Crippen LogP contribution in [0.4, 0.5) is 0 Å². The quantitative estimate of drug-likeness (QED) is 0.821. The Hall–Kier alpha value is -0.820. The topological polar surface area (TPSA) is 26.0 Å². The van der Waals surface area contributed by atoms with Crippen LogP contribution in [0.5, 0.6) is 0 Å². The van der Waals surface area contributed by atoms with E-state index in [1.807, 2.05) is 0 Å². The maximum Gasteiger partial charge on any atom is 0.0297 e. The summed E-state index contributed by atoms with van der Waals surface area (Å²) in [4.78, 5) is 0. The summed E-state index contributed by atoms with van der Waals surface area (Å²) in [5.74, 6) is 1.84. The molecule has 1 saturated carbocycles. The molecule has 17 heavy (non-hydrogen) atoms. The van der Waals surface area contributed by atoms with Crippen LogP contribution in [0.2, 0.25) is 0 Å². The van der Waals surface area contributed by atoms with Crippen LogP contribution in [-0.2, 0) is 0 Å². The lowest BCUT2D eigenvalue weighted by molar-refractivity contribution is 0.248. The highest BCUT2D eigenvalue weighted by atomic mass is 14.6. The molecule has 1 aromatic carbocycles. The van der Waals surface area contributed by atoms with Crippen LogP contribution >= 0.6 is 0 Å². The van der Waals surface area contributed by atoms with Gasteiger partial charge in [0.05, 0.1) is 0 Å². The molecule has 1 unspecified atom stereocenters. The van der Waals surface area contributed by atoms with Crippen LogP contribution in [0.15, 0.2) is 30.3 Å². The summed E-state index contributed by atoms with van der Waals surface area (Å²) in [6.07, 6.45) is 8.14. The van der Waals surface area contributed by atoms with E-state index >= 15 is 0 Å². The van der Waals surface area contributed by atoms with Crippen LogP contribution in [0.25, 0.3) is 0 Å². The zero-order valence-corrected chi connectivity index (χ0v) is 10.9. The minimum Gasteiger partial charge on any atom is -0.324 e. The van der Waals surface area contributed by atoms with E-state index < -0.39 is 0 Å². The second kappa shape index (κ2) is 6.20. The summed E-state index contributed by atoms with van der Waals surface area (Å²) in [6.45, 7) is 2.32. The van der Waals surface area contributed by atoms with Gasteiger partial charge in [-0.2, -0.15) is 0 Å². The van der Waals surface area contributed by atoms with Crippen molar-refractivity contribution in [3.63, 3.8) is 0 Å². The Balaban J connectivity index is 1.82. The van der Waals surface area contributed by atoms with Crippen LogP contribution in [0.3, 0.4) is 0 Å². The molecule has 1 aliphatic carbocycles. The molecule has 0 aromatic heterocycles. The standard InChI is InChI=1S/C16H25N/c1-2-13-8-10-14(11-9-13)12-16(17)15-6-4-3-5-7-15/h3-7,13-14,16H,2,8-12,17H2,1H3. The van der Waals surface area contributed by atoms with Crippen LogP contribution in [-0.4, -0.2) is 0 Å². The minimum atomic E-state index is 0.236. The molecule has 0 spiro atoms. The van der Waals surface area contributed by atoms with Gasteiger partial charge >= 0.3 is 0 Å². The summed E-state index contributed by atoms with van der Waals surface area (Å²) in [5.41, 5.74) is 7.59. The molecule has 1 aliphatic rings. The Morgan fingerprint density at radius 1 is 1.06 bits per heavy atom. The number of hydrogen-bond acceptors (Lipinski definition) is 1. The van der Waals surface area contributed by atoms with Crippen molar-refractivity contribution in [3.05, 3.63) is 35.9 Å². The van der Waals surface area contributed by atoms with E-state index in [4.69, 9.17) is 5.73 Å². The van der Waals surface area contributed by atoms with Gasteiger partial charge in [0.15, 0.2) is 0 Å². The third kappa shape index (κ3) is 3.57. The summed E-state index contributed by atoms with van der Waals surface area (Å²) in [7, 11) is 0. The van der Waals surface area contributed by atoms with E-state index in [-0.39, 0.29) is 6.04 Å². The molecule has 1 nitrogen and oxygen atoms in total. The van der Waals surface area contributed by atoms with Crippen molar-refractivity contribution in [2.75, 3.05) is 0 Å². The Bertz CT molecular complexity index is 312. The molecule has 94 valence electrons. The summed E-state index contributed by atoms with van der Waals surface area (Å²) in [6, 6.07) is 10.8. The van der Waals surface area contributed by atoms with E-state index in [1.165, 1.54) is 44.1 Å². The first-order chi connectivity index (χ1) is 8.29. The number of nitrogens with two attached hydrogens (primary N) is 1. The zero-order valence-electron chi connectivity index (χ0n) is 10.9. The van der Waals surface area contributed by atoms with Gasteiger partial charge in [0, 0.05) is 6.04 Å². The monoisotopic (exact) mass is 231 g/mol. The van der Waals surface area contributed by atoms with E-state index in [1.54, 1.807) is 0 Å². The van der Waals surface area contributed by atoms with Crippen molar-refractivity contribution >= 4 is 0 Å². The predicted molar refractivity (Wildman–Crippen MR) is 73.7 cm³/mol. The molecule has 2 rings (SSSR count). The third-order valence-electron chi connectivity index (χ3n) is 4.36. The van der Waals surface area contributed by atoms with Crippen LogP contribution < -0.4 is 5.73 Å². The number of hydrogen-bond donors (Lipinski definition) is 1. The van der Waals surface area contributed by atoms with Gasteiger partial charge in [-0.15, -0.1) is 0 Å². The summed E-state index contributed by atoms with van der Waals surface area (Å²) < 4.78 is 0. The molecule has 0 radical (unpaired) electrons. The number of benzene rings is 1. The normalized spacial score (nSPS) is 26.7. The molecule has 1 aromatic rings. The first-order valence-corrected chi connectivity index (χ1v) is 7.10. The second-order valence-electron chi connectivity index (χ2n) is 5.55. The van der Waals surface area contributed by atoms with Crippen molar-refractivity contribution in [2.45, 2.75) is 51.5 Å². The largest absolute Gasteiger partial charge is 0.324 e. The lowest BCUT2D eigenvalue weighted by Crippen LogP contribution is -2.20. The highest BCUT2D eigenvalue weighted by Gasteiger charge is 2.22. The van der Waals surface area contributed by atoms with Crippen molar-refractivity contribution in [2.24, 2.45) is 17.6 Å². The fraction of sp³-hybridized carbons (Fsp3) is 0.625. The second-order valence-corrected chi connectivity index (χ2v) is 5.55. The molecule has 0 heterocycles. The Labute approximate surface area is 105 Å². The van der Waals surface area contributed by atoms with E-state index in [9.17, 15) is 0 Å². The van der Waals surface area contributed by atoms with Crippen molar-refractivity contribution in [3.8, 4) is 0 Å². The Kier molecular flexibility index (Phi) is 4.61. The molecule has 1 atom stereocenters. The Morgan fingerprint density at radius 2 is 1.65 bits per heavy atom. The highest BCUT2D eigenvalue weighted by molar-refractivity contribution is 5.18. The summed E-state index contributed by atoms with van der Waals surface area (Å²) >= 11 is 0. The molecular formula is C16H25N. The van der Waals surface area contributed by atoms with Gasteiger partial charge in [-0.1, -0.05) is 69.4 Å². The smallest absolute Gasteiger partial charge is 0.0297 e. The number of rotatable bonds is 4. The molecule has 0 aliphatic heterocycles. The zero-order chi connectivity index (χ0) is 12.1. The molecule has 1 heteroatoms. The van der Waals surface area contributed by atoms with E-state index in [0.717, 1.165) is 11.8 Å². The molecule has 2 N–H and O–H groups in total. The lowest BCUT2D eigenvalue weighted by atomic mass is 9.78. The van der Waals surface area contributed by atoms with Crippen molar-refractivity contribution < 1.29 is 0 Å². The molecule has 0 saturated heterocycles. The van der Waals surface area contributed by atoms with E-state index in [2.05, 4.69) is 37.3 Å². The molecule has 0 amide bonds. The highest BCUT2D eigenvalue weighted by Crippen LogP contribution is 2.34. The van der Waals surface area contributed by atoms with Gasteiger partial charge in [-0.05, 0) is 23.8 Å². The minimum absolute atomic E-state index is 0.236. The molecular weight excluding hydrogens is 206 g/mol. The van der Waals surface area contributed by atoms with Gasteiger partial charge < -0.3 is 5.73 Å². The van der Waals surface area contributed by atoms with Gasteiger partial charge in [0.25, 0.3) is 0 Å². The first-order valence-electron chi connectivity index (χ1n) is 7.10. The van der Waals surface area contributed by atoms with E-state index in [0.29, 0.717) is 0 Å². The fourth-order valence-corrected chi connectivity index (χ4v) is 3.07. The lowest BCUT2D eigenvalue weighted by Gasteiger charge is -2.29. The van der Waals surface area contributed by atoms with Gasteiger partial charge in [-0.25, -0.2) is 0 Å². The summed E-state index contributed by atoms with van der Waals surface area (Å²) in [5, 5.41) is 0. The first kappa shape index (κ1) is 12.6. The molecule has 1 fully saturated rings. The Morgan fingerprint density at radius 3 is 2.24 bits per heavy atom. The van der Waals surface area contributed by atoms with Gasteiger partial charge in [0.2, 0.25) is 0 Å². The van der Waals surface area contributed by atoms with Crippen LogP contribution in [0.1, 0.15) is 57.1 Å². The maximum atomic E-state index is 6.29. The average molecular weight is 231 g/mol. The van der Waals surface area contributed by atoms with Gasteiger partial charge in [0.1, 0.15) is 0 Å². The third-order valence-corrected chi connectivity index (χ3v) is 4.36. The van der Waals surface area contributed by atoms with Gasteiger partial charge in [-0.3, -0.25) is 0 Å². The molecule has 0 bridgehead atoms. The SMILES string of the molecule is CCC1CCC(CC(N)c2ccccc2)CC1. The van der Waals surface area contributed by atoms with Crippen molar-refractivity contribution in [1.82, 2.24) is 0 Å². The van der Waals surface area contributed by atoms with Crippen molar-refractivity contribution in [1.29, 1.82) is 0 Å². The average Bonchev–Trinajstić information content (AvgIpc) is 2.40. The van der Waals surface area contributed by atoms with Crippen LogP contribution in [0, 0.1) is 11.8 Å². The fourth-order valence-electron chi connectivity index (χ4n) is 3.07.